The summed E-state index contributed by atoms with van der Waals surface area (Å²) in [6.45, 7) is 0. The highest BCUT2D eigenvalue weighted by molar-refractivity contribution is 5.28. The van der Waals surface area contributed by atoms with Crippen LogP contribution in [-0.4, -0.2) is 9.55 Å². The number of rotatable bonds is 1. The van der Waals surface area contributed by atoms with Crippen LogP contribution in [-0.2, 0) is 7.05 Å². The van der Waals surface area contributed by atoms with Crippen LogP contribution in [0, 0.1) is 4.91 Å². The number of hydrogen-bond acceptors (Lipinski definition) is 4. The molecule has 1 aromatic heterocycles. The Hall–Kier alpha value is -1.72. The summed E-state index contributed by atoms with van der Waals surface area (Å²) in [4.78, 5) is 33.2. The molecular weight excluding hydrogens is 150 g/mol. The molecule has 0 aliphatic heterocycles. The van der Waals surface area contributed by atoms with E-state index in [-0.39, 0.29) is 5.69 Å². The van der Waals surface area contributed by atoms with Gasteiger partial charge in [-0.3, -0.25) is 9.78 Å². The SMILES string of the molecule is Cn1cc(N=O)c(=O)[nH]c1=O. The highest BCUT2D eigenvalue weighted by Crippen LogP contribution is 1.96. The van der Waals surface area contributed by atoms with E-state index in [2.05, 4.69) is 5.18 Å². The molecule has 1 rings (SSSR count). The van der Waals surface area contributed by atoms with Gasteiger partial charge in [-0.2, -0.15) is 0 Å². The van der Waals surface area contributed by atoms with Crippen LogP contribution in [0.25, 0.3) is 0 Å². The minimum absolute atomic E-state index is 0.299. The number of aryl methyl sites for hydroxylation is 1. The van der Waals surface area contributed by atoms with Gasteiger partial charge in [-0.15, -0.1) is 4.91 Å². The topological polar surface area (TPSA) is 84.3 Å². The summed E-state index contributed by atoms with van der Waals surface area (Å²) in [6.07, 6.45) is 1.08. The fourth-order valence-corrected chi connectivity index (χ4v) is 0.615. The van der Waals surface area contributed by atoms with Gasteiger partial charge in [0.05, 0.1) is 0 Å². The maximum absolute atomic E-state index is 10.7. The van der Waals surface area contributed by atoms with Crippen LogP contribution in [0.5, 0.6) is 0 Å². The Morgan fingerprint density at radius 1 is 1.55 bits per heavy atom. The van der Waals surface area contributed by atoms with Crippen molar-refractivity contribution in [3.05, 3.63) is 31.9 Å². The molecular formula is C5H5N3O3. The van der Waals surface area contributed by atoms with Crippen LogP contribution < -0.4 is 11.2 Å². The first kappa shape index (κ1) is 7.39. The standard InChI is InChI=1S/C5H5N3O3/c1-8-2-3(7-11)4(9)6-5(8)10/h2H,1H3,(H,6,9,10). The molecule has 0 aliphatic carbocycles. The van der Waals surface area contributed by atoms with Crippen molar-refractivity contribution in [2.75, 3.05) is 0 Å². The van der Waals surface area contributed by atoms with Gasteiger partial charge < -0.3 is 4.57 Å². The largest absolute Gasteiger partial charge is 0.328 e. The Morgan fingerprint density at radius 2 is 2.18 bits per heavy atom. The van der Waals surface area contributed by atoms with Crippen LogP contribution in [0.3, 0.4) is 0 Å². The van der Waals surface area contributed by atoms with E-state index in [1.807, 2.05) is 4.98 Å². The maximum Gasteiger partial charge on any atom is 0.328 e. The van der Waals surface area contributed by atoms with E-state index in [0.29, 0.717) is 0 Å². The molecule has 1 N–H and O–H groups in total. The number of nitrogens with one attached hydrogen (secondary N) is 1. The van der Waals surface area contributed by atoms with Crippen LogP contribution in [0.15, 0.2) is 21.0 Å². The van der Waals surface area contributed by atoms with E-state index in [0.717, 1.165) is 10.8 Å². The molecule has 0 spiro atoms. The molecule has 6 nitrogen and oxygen atoms in total. The van der Waals surface area contributed by atoms with Gasteiger partial charge in [0.25, 0.3) is 5.56 Å². The van der Waals surface area contributed by atoms with Crippen molar-refractivity contribution in [3.63, 3.8) is 0 Å². The zero-order chi connectivity index (χ0) is 8.43. The lowest BCUT2D eigenvalue weighted by molar-refractivity contribution is 0.800. The van der Waals surface area contributed by atoms with Crippen molar-refractivity contribution in [2.45, 2.75) is 0 Å². The number of nitroso groups, excluding NO2 is 1. The zero-order valence-electron chi connectivity index (χ0n) is 5.70. The van der Waals surface area contributed by atoms with E-state index < -0.39 is 11.2 Å². The first-order valence-corrected chi connectivity index (χ1v) is 2.78. The summed E-state index contributed by atoms with van der Waals surface area (Å²) in [5.74, 6) is 0. The van der Waals surface area contributed by atoms with Crippen molar-refractivity contribution in [1.29, 1.82) is 0 Å². The molecule has 1 heterocycles. The summed E-state index contributed by atoms with van der Waals surface area (Å²) in [6, 6.07) is 0. The zero-order valence-corrected chi connectivity index (χ0v) is 5.70. The molecule has 0 saturated carbocycles. The smallest absolute Gasteiger partial charge is 0.301 e. The number of nitrogens with zero attached hydrogens (tertiary/aromatic N) is 2. The van der Waals surface area contributed by atoms with E-state index in [1.165, 1.54) is 7.05 Å². The average molecular weight is 155 g/mol. The molecule has 11 heavy (non-hydrogen) atoms. The molecule has 1 aromatic rings. The first-order valence-electron chi connectivity index (χ1n) is 2.78. The van der Waals surface area contributed by atoms with Gasteiger partial charge in [-0.1, -0.05) is 0 Å². The monoisotopic (exact) mass is 155 g/mol. The average Bonchev–Trinajstić information content (AvgIpc) is 1.97. The Bertz CT molecular complexity index is 389. The minimum atomic E-state index is -0.761. The number of aromatic nitrogens is 2. The van der Waals surface area contributed by atoms with Gasteiger partial charge in [0.2, 0.25) is 0 Å². The molecule has 0 amide bonds. The van der Waals surface area contributed by atoms with E-state index in [9.17, 15) is 14.5 Å². The predicted molar refractivity (Wildman–Crippen MR) is 37.8 cm³/mol. The van der Waals surface area contributed by atoms with Crippen molar-refractivity contribution in [3.8, 4) is 0 Å². The molecule has 0 unspecified atom stereocenters. The Morgan fingerprint density at radius 3 is 2.73 bits per heavy atom. The van der Waals surface area contributed by atoms with Crippen molar-refractivity contribution < 1.29 is 0 Å². The number of aromatic amines is 1. The molecule has 0 aromatic carbocycles. The van der Waals surface area contributed by atoms with Gasteiger partial charge in [-0.25, -0.2) is 4.79 Å². The third-order valence-electron chi connectivity index (χ3n) is 1.19. The van der Waals surface area contributed by atoms with Gasteiger partial charge in [0.15, 0.2) is 5.69 Å². The summed E-state index contributed by atoms with van der Waals surface area (Å²) >= 11 is 0. The number of H-pyrrole nitrogens is 1. The maximum atomic E-state index is 10.7. The van der Waals surface area contributed by atoms with Gasteiger partial charge in [0, 0.05) is 13.2 Å². The second-order valence-corrected chi connectivity index (χ2v) is 1.98. The molecule has 0 radical (unpaired) electrons. The predicted octanol–water partition coefficient (Wildman–Crippen LogP) is -0.529. The quantitative estimate of drug-likeness (QED) is 0.553. The fourth-order valence-electron chi connectivity index (χ4n) is 0.615. The van der Waals surface area contributed by atoms with Crippen molar-refractivity contribution in [2.24, 2.45) is 12.2 Å². The highest BCUT2D eigenvalue weighted by Gasteiger charge is 2.00. The molecule has 0 saturated heterocycles. The lowest BCUT2D eigenvalue weighted by Crippen LogP contribution is -2.26. The molecule has 6 heteroatoms. The Labute approximate surface area is 60.5 Å². The van der Waals surface area contributed by atoms with E-state index in [1.54, 1.807) is 0 Å². The Balaban J connectivity index is 3.57. The summed E-state index contributed by atoms with van der Waals surface area (Å²) in [7, 11) is 1.41. The summed E-state index contributed by atoms with van der Waals surface area (Å²) in [5.41, 5.74) is -1.63. The second kappa shape index (κ2) is 2.49. The van der Waals surface area contributed by atoms with Crippen molar-refractivity contribution in [1.82, 2.24) is 9.55 Å². The summed E-state index contributed by atoms with van der Waals surface area (Å²) < 4.78 is 1.07. The summed E-state index contributed by atoms with van der Waals surface area (Å²) in [5, 5.41) is 2.42. The van der Waals surface area contributed by atoms with Crippen LogP contribution >= 0.6 is 0 Å². The van der Waals surface area contributed by atoms with Gasteiger partial charge >= 0.3 is 5.69 Å². The fraction of sp³-hybridized carbons (Fsp3) is 0.200. The molecule has 0 atom stereocenters. The first-order chi connectivity index (χ1) is 5.15. The van der Waals surface area contributed by atoms with E-state index >= 15 is 0 Å². The Kier molecular flexibility index (Phi) is 1.67. The second-order valence-electron chi connectivity index (χ2n) is 1.98. The number of hydrogen-bond donors (Lipinski definition) is 1. The third kappa shape index (κ3) is 1.23. The molecule has 0 bridgehead atoms. The minimum Gasteiger partial charge on any atom is -0.301 e. The van der Waals surface area contributed by atoms with Crippen LogP contribution in [0.2, 0.25) is 0 Å². The van der Waals surface area contributed by atoms with Crippen LogP contribution in [0.1, 0.15) is 0 Å². The van der Waals surface area contributed by atoms with Crippen LogP contribution in [0.4, 0.5) is 5.69 Å². The lowest BCUT2D eigenvalue weighted by Gasteiger charge is -1.93. The van der Waals surface area contributed by atoms with Gasteiger partial charge in [0.1, 0.15) is 0 Å². The molecule has 0 aliphatic rings. The highest BCUT2D eigenvalue weighted by atomic mass is 16.3. The molecule has 0 fully saturated rings. The van der Waals surface area contributed by atoms with Crippen molar-refractivity contribution >= 4 is 5.69 Å². The lowest BCUT2D eigenvalue weighted by atomic mass is 10.5. The normalized spacial score (nSPS) is 9.55. The van der Waals surface area contributed by atoms with E-state index in [4.69, 9.17) is 0 Å². The van der Waals surface area contributed by atoms with Gasteiger partial charge in [-0.05, 0) is 5.18 Å². The molecule has 58 valence electrons. The third-order valence-corrected chi connectivity index (χ3v) is 1.19.